The zero-order chi connectivity index (χ0) is 14.1. The average molecular weight is 297 g/mol. The molecule has 2 saturated heterocycles. The van der Waals surface area contributed by atoms with Crippen molar-refractivity contribution in [3.63, 3.8) is 0 Å². The fourth-order valence-electron chi connectivity index (χ4n) is 3.19. The van der Waals surface area contributed by atoms with Crippen molar-refractivity contribution in [1.82, 2.24) is 19.9 Å². The van der Waals surface area contributed by atoms with E-state index in [0.29, 0.717) is 24.0 Å². The van der Waals surface area contributed by atoms with Crippen LogP contribution in [0.15, 0.2) is 0 Å². The van der Waals surface area contributed by atoms with Gasteiger partial charge in [0.15, 0.2) is 0 Å². The second-order valence-electron chi connectivity index (χ2n) is 5.76. The lowest BCUT2D eigenvalue weighted by atomic mass is 9.99. The van der Waals surface area contributed by atoms with Crippen molar-refractivity contribution in [3.05, 3.63) is 5.28 Å². The highest BCUT2D eigenvalue weighted by atomic mass is 35.5. The van der Waals surface area contributed by atoms with Crippen molar-refractivity contribution in [2.45, 2.75) is 37.8 Å². The van der Waals surface area contributed by atoms with Gasteiger partial charge < -0.3 is 10.2 Å². The molecule has 110 valence electrons. The molecule has 1 N–H and O–H groups in total. The van der Waals surface area contributed by atoms with Crippen molar-refractivity contribution in [3.8, 4) is 0 Å². The van der Waals surface area contributed by atoms with Crippen molar-refractivity contribution < 1.29 is 0 Å². The molecule has 6 nitrogen and oxygen atoms in total. The Bertz CT molecular complexity index is 480. The molecule has 2 aliphatic heterocycles. The van der Waals surface area contributed by atoms with Gasteiger partial charge in [-0.1, -0.05) is 6.42 Å². The summed E-state index contributed by atoms with van der Waals surface area (Å²) in [5.41, 5.74) is 0. The van der Waals surface area contributed by atoms with Crippen LogP contribution in [0.3, 0.4) is 0 Å². The van der Waals surface area contributed by atoms with Crippen LogP contribution in [-0.4, -0.2) is 59.1 Å². The molecule has 2 fully saturated rings. The fourth-order valence-corrected chi connectivity index (χ4v) is 3.34. The SMILES string of the molecule is CN(C)c1nc(Cl)nc(NC2CCN3CCCCC23)n1. The molecule has 0 amide bonds. The second kappa shape index (κ2) is 5.69. The van der Waals surface area contributed by atoms with E-state index < -0.39 is 0 Å². The molecule has 1 aromatic rings. The first-order chi connectivity index (χ1) is 9.63. The maximum absolute atomic E-state index is 5.98. The molecule has 7 heteroatoms. The predicted molar refractivity (Wildman–Crippen MR) is 80.4 cm³/mol. The van der Waals surface area contributed by atoms with E-state index in [9.17, 15) is 0 Å². The van der Waals surface area contributed by atoms with E-state index in [-0.39, 0.29) is 5.28 Å². The van der Waals surface area contributed by atoms with E-state index in [1.54, 1.807) is 0 Å². The molecule has 0 bridgehead atoms. The Kier molecular flexibility index (Phi) is 3.94. The zero-order valence-corrected chi connectivity index (χ0v) is 12.8. The first kappa shape index (κ1) is 13.8. The number of anilines is 2. The highest BCUT2D eigenvalue weighted by molar-refractivity contribution is 6.28. The van der Waals surface area contributed by atoms with E-state index in [1.807, 2.05) is 19.0 Å². The van der Waals surface area contributed by atoms with Gasteiger partial charge in [0.1, 0.15) is 0 Å². The number of hydrogen-bond donors (Lipinski definition) is 1. The zero-order valence-electron chi connectivity index (χ0n) is 12.0. The van der Waals surface area contributed by atoms with E-state index in [4.69, 9.17) is 11.6 Å². The third-order valence-corrected chi connectivity index (χ3v) is 4.34. The molecule has 2 aliphatic rings. The number of nitrogens with zero attached hydrogens (tertiary/aromatic N) is 5. The van der Waals surface area contributed by atoms with Crippen LogP contribution in [0.25, 0.3) is 0 Å². The first-order valence-corrected chi connectivity index (χ1v) is 7.61. The lowest BCUT2D eigenvalue weighted by Gasteiger charge is -2.32. The third-order valence-electron chi connectivity index (χ3n) is 4.17. The van der Waals surface area contributed by atoms with Gasteiger partial charge in [0.2, 0.25) is 17.2 Å². The van der Waals surface area contributed by atoms with Crippen LogP contribution >= 0.6 is 11.6 Å². The summed E-state index contributed by atoms with van der Waals surface area (Å²) in [6, 6.07) is 1.03. The van der Waals surface area contributed by atoms with Crippen molar-refractivity contribution >= 4 is 23.5 Å². The molecule has 0 spiro atoms. The molecule has 2 unspecified atom stereocenters. The molecular weight excluding hydrogens is 276 g/mol. The molecule has 3 rings (SSSR count). The summed E-state index contributed by atoms with van der Waals surface area (Å²) >= 11 is 5.98. The Balaban J connectivity index is 1.74. The second-order valence-corrected chi connectivity index (χ2v) is 6.10. The molecule has 3 heterocycles. The summed E-state index contributed by atoms with van der Waals surface area (Å²) in [5.74, 6) is 1.18. The Morgan fingerprint density at radius 1 is 1.15 bits per heavy atom. The van der Waals surface area contributed by atoms with Gasteiger partial charge in [0, 0.05) is 32.7 Å². The van der Waals surface area contributed by atoms with Gasteiger partial charge in [-0.05, 0) is 37.4 Å². The number of hydrogen-bond acceptors (Lipinski definition) is 6. The maximum atomic E-state index is 5.98. The van der Waals surface area contributed by atoms with Gasteiger partial charge in [-0.2, -0.15) is 15.0 Å². The Hall–Kier alpha value is -1.14. The number of aromatic nitrogens is 3. The summed E-state index contributed by atoms with van der Waals surface area (Å²) in [6.45, 7) is 2.39. The number of rotatable bonds is 3. The summed E-state index contributed by atoms with van der Waals surface area (Å²) in [5, 5.41) is 3.70. The smallest absolute Gasteiger partial charge is 0.230 e. The monoisotopic (exact) mass is 296 g/mol. The molecule has 2 atom stereocenters. The molecule has 0 radical (unpaired) electrons. The van der Waals surface area contributed by atoms with Crippen LogP contribution in [0, 0.1) is 0 Å². The predicted octanol–water partition coefficient (Wildman–Crippen LogP) is 1.63. The normalized spacial score (nSPS) is 26.4. The minimum Gasteiger partial charge on any atom is -0.350 e. The lowest BCUT2D eigenvalue weighted by Crippen LogP contribution is -2.42. The van der Waals surface area contributed by atoms with E-state index in [2.05, 4.69) is 25.2 Å². The minimum absolute atomic E-state index is 0.240. The summed E-state index contributed by atoms with van der Waals surface area (Å²) in [6.07, 6.45) is 5.05. The maximum Gasteiger partial charge on any atom is 0.230 e. The molecular formula is C13H21ClN6. The number of nitrogens with one attached hydrogen (secondary N) is 1. The topological polar surface area (TPSA) is 57.2 Å². The van der Waals surface area contributed by atoms with Gasteiger partial charge in [0.25, 0.3) is 0 Å². The van der Waals surface area contributed by atoms with Gasteiger partial charge in [-0.3, -0.25) is 4.90 Å². The number of fused-ring (bicyclic) bond motifs is 1. The summed E-state index contributed by atoms with van der Waals surface area (Å²) in [4.78, 5) is 17.2. The molecule has 20 heavy (non-hydrogen) atoms. The van der Waals surface area contributed by atoms with Crippen LogP contribution in [0.4, 0.5) is 11.9 Å². The van der Waals surface area contributed by atoms with Crippen LogP contribution in [0.1, 0.15) is 25.7 Å². The molecule has 0 saturated carbocycles. The lowest BCUT2D eigenvalue weighted by molar-refractivity contribution is 0.192. The largest absolute Gasteiger partial charge is 0.350 e. The third kappa shape index (κ3) is 2.81. The van der Waals surface area contributed by atoms with Crippen molar-refractivity contribution in [1.29, 1.82) is 0 Å². The van der Waals surface area contributed by atoms with E-state index in [1.165, 1.54) is 32.4 Å². The van der Waals surface area contributed by atoms with Crippen LogP contribution in [-0.2, 0) is 0 Å². The Labute approximate surface area is 124 Å². The summed E-state index contributed by atoms with van der Waals surface area (Å²) in [7, 11) is 3.79. The van der Waals surface area contributed by atoms with Crippen LogP contribution < -0.4 is 10.2 Å². The first-order valence-electron chi connectivity index (χ1n) is 7.23. The van der Waals surface area contributed by atoms with Crippen LogP contribution in [0.5, 0.6) is 0 Å². The quantitative estimate of drug-likeness (QED) is 0.915. The highest BCUT2D eigenvalue weighted by Crippen LogP contribution is 2.29. The molecule has 0 aromatic carbocycles. The molecule has 1 aromatic heterocycles. The van der Waals surface area contributed by atoms with Gasteiger partial charge in [-0.25, -0.2) is 0 Å². The van der Waals surface area contributed by atoms with Crippen molar-refractivity contribution in [2.75, 3.05) is 37.4 Å². The van der Waals surface area contributed by atoms with Crippen molar-refractivity contribution in [2.24, 2.45) is 0 Å². The van der Waals surface area contributed by atoms with E-state index in [0.717, 1.165) is 6.42 Å². The Morgan fingerprint density at radius 3 is 2.80 bits per heavy atom. The van der Waals surface area contributed by atoms with Gasteiger partial charge in [0.05, 0.1) is 0 Å². The number of piperidine rings is 1. The van der Waals surface area contributed by atoms with Gasteiger partial charge >= 0.3 is 0 Å². The Morgan fingerprint density at radius 2 is 2.00 bits per heavy atom. The highest BCUT2D eigenvalue weighted by Gasteiger charge is 2.35. The average Bonchev–Trinajstić information content (AvgIpc) is 2.82. The fraction of sp³-hybridized carbons (Fsp3) is 0.769. The van der Waals surface area contributed by atoms with E-state index >= 15 is 0 Å². The minimum atomic E-state index is 0.240. The standard InChI is InChI=1S/C13H21ClN6/c1-19(2)13-17-11(14)16-12(18-13)15-9-6-8-20-7-4-3-5-10(9)20/h9-10H,3-8H2,1-2H3,(H,15,16,17,18). The summed E-state index contributed by atoms with van der Waals surface area (Å²) < 4.78 is 0. The van der Waals surface area contributed by atoms with Gasteiger partial charge in [-0.15, -0.1) is 0 Å². The van der Waals surface area contributed by atoms with Crippen LogP contribution in [0.2, 0.25) is 5.28 Å². The molecule has 0 aliphatic carbocycles. The number of halogens is 1.